The van der Waals surface area contributed by atoms with E-state index in [1.165, 1.54) is 12.1 Å². The van der Waals surface area contributed by atoms with Crippen LogP contribution in [0.15, 0.2) is 38.3 Å². The van der Waals surface area contributed by atoms with Crippen LogP contribution >= 0.6 is 0 Å². The number of fused-ring (bicyclic) bond motifs is 1. The number of hydrogen-bond acceptors (Lipinski definition) is 5. The van der Waals surface area contributed by atoms with E-state index in [2.05, 4.69) is 14.1 Å². The average molecular weight is 329 g/mol. The number of alkyl halides is 3. The largest absolute Gasteiger partial charge is 0.573 e. The number of benzene rings is 1. The molecule has 0 radical (unpaired) electrons. The van der Waals surface area contributed by atoms with Crippen molar-refractivity contribution in [3.63, 3.8) is 0 Å². The van der Waals surface area contributed by atoms with Gasteiger partial charge in [-0.3, -0.25) is 4.98 Å². The Morgan fingerprint density at radius 1 is 1.17 bits per heavy atom. The normalized spacial score (nSPS) is 17.6. The predicted octanol–water partition coefficient (Wildman–Crippen LogP) is 1.89. The first-order chi connectivity index (χ1) is 10.8. The van der Waals surface area contributed by atoms with Crippen molar-refractivity contribution in [2.45, 2.75) is 18.9 Å². The molecule has 6 nitrogen and oxygen atoms in total. The van der Waals surface area contributed by atoms with E-state index in [4.69, 9.17) is 4.74 Å². The quantitative estimate of drug-likeness (QED) is 0.910. The molecule has 0 amide bonds. The van der Waals surface area contributed by atoms with Crippen molar-refractivity contribution in [1.82, 2.24) is 4.98 Å². The summed E-state index contributed by atoms with van der Waals surface area (Å²) < 4.78 is 50.0. The monoisotopic (exact) mass is 329 g/mol. The van der Waals surface area contributed by atoms with Gasteiger partial charge in [-0.1, -0.05) is 12.1 Å². The standard InChI is InChI=1S/C14H10F3NO5/c15-14(16,17)23-8-3-1-7(2-4-8)9-5-21-6-10-11(9)18-13(20)22-12(10)19/h1-4,9H,5-6H2,(H,18,20). The molecule has 0 fully saturated rings. The first-order valence-corrected chi connectivity index (χ1v) is 6.53. The van der Waals surface area contributed by atoms with Gasteiger partial charge >= 0.3 is 17.7 Å². The van der Waals surface area contributed by atoms with Crippen LogP contribution in [-0.2, 0) is 11.3 Å². The summed E-state index contributed by atoms with van der Waals surface area (Å²) in [5.74, 6) is -1.74. The molecule has 1 aromatic carbocycles. The molecule has 0 saturated heterocycles. The van der Waals surface area contributed by atoms with E-state index in [1.54, 1.807) is 0 Å². The van der Waals surface area contributed by atoms with E-state index >= 15 is 0 Å². The summed E-state index contributed by atoms with van der Waals surface area (Å²) in [6.07, 6.45) is -4.77. The van der Waals surface area contributed by atoms with Crippen molar-refractivity contribution >= 4 is 0 Å². The fourth-order valence-corrected chi connectivity index (χ4v) is 2.43. The molecular weight excluding hydrogens is 319 g/mol. The van der Waals surface area contributed by atoms with E-state index in [0.717, 1.165) is 12.1 Å². The lowest BCUT2D eigenvalue weighted by Crippen LogP contribution is -2.30. The van der Waals surface area contributed by atoms with Gasteiger partial charge in [-0.05, 0) is 17.7 Å². The van der Waals surface area contributed by atoms with Gasteiger partial charge in [0, 0.05) is 11.6 Å². The zero-order valence-corrected chi connectivity index (χ0v) is 11.5. The van der Waals surface area contributed by atoms with E-state index in [9.17, 15) is 22.8 Å². The number of nitrogens with one attached hydrogen (secondary N) is 1. The maximum atomic E-state index is 12.2. The summed E-state index contributed by atoms with van der Waals surface area (Å²) in [6, 6.07) is 5.13. The van der Waals surface area contributed by atoms with Crippen LogP contribution in [0.5, 0.6) is 5.75 Å². The lowest BCUT2D eigenvalue weighted by atomic mass is 9.92. The Labute approximate surface area is 126 Å². The molecule has 1 aliphatic heterocycles. The van der Waals surface area contributed by atoms with Gasteiger partial charge in [-0.2, -0.15) is 0 Å². The van der Waals surface area contributed by atoms with Gasteiger partial charge in [-0.25, -0.2) is 9.59 Å². The Kier molecular flexibility index (Phi) is 3.72. The number of aromatic amines is 1. The molecule has 2 aromatic rings. The SMILES string of the molecule is O=c1[nH]c2c(c(=O)o1)COCC2c1ccc(OC(F)(F)F)cc1. The van der Waals surface area contributed by atoms with Crippen molar-refractivity contribution in [3.8, 4) is 5.75 Å². The lowest BCUT2D eigenvalue weighted by molar-refractivity contribution is -0.274. The van der Waals surface area contributed by atoms with Crippen LogP contribution in [0.3, 0.4) is 0 Å². The fourth-order valence-electron chi connectivity index (χ4n) is 2.43. The third kappa shape index (κ3) is 3.29. The molecule has 1 atom stereocenters. The van der Waals surface area contributed by atoms with E-state index in [1.807, 2.05) is 0 Å². The number of rotatable bonds is 2. The molecule has 3 rings (SSSR count). The number of ether oxygens (including phenoxy) is 2. The highest BCUT2D eigenvalue weighted by Crippen LogP contribution is 2.31. The molecule has 2 heterocycles. The second-order valence-corrected chi connectivity index (χ2v) is 4.88. The molecule has 0 aliphatic carbocycles. The van der Waals surface area contributed by atoms with Crippen molar-refractivity contribution in [2.75, 3.05) is 6.61 Å². The maximum Gasteiger partial charge on any atom is 0.573 e. The number of aromatic nitrogens is 1. The van der Waals surface area contributed by atoms with Gasteiger partial charge in [0.05, 0.1) is 18.8 Å². The van der Waals surface area contributed by atoms with E-state index < -0.39 is 23.7 Å². The van der Waals surface area contributed by atoms with Gasteiger partial charge in [0.25, 0.3) is 0 Å². The van der Waals surface area contributed by atoms with Crippen LogP contribution < -0.4 is 16.1 Å². The highest BCUT2D eigenvalue weighted by molar-refractivity contribution is 5.36. The van der Waals surface area contributed by atoms with Crippen molar-refractivity contribution in [1.29, 1.82) is 0 Å². The maximum absolute atomic E-state index is 12.2. The first kappa shape index (κ1) is 15.3. The Hall–Kier alpha value is -2.55. The second-order valence-electron chi connectivity index (χ2n) is 4.88. The van der Waals surface area contributed by atoms with Crippen LogP contribution in [0, 0.1) is 0 Å². The van der Waals surface area contributed by atoms with Crippen LogP contribution in [0.2, 0.25) is 0 Å². The molecular formula is C14H10F3NO5. The minimum atomic E-state index is -4.77. The predicted molar refractivity (Wildman–Crippen MR) is 70.2 cm³/mol. The van der Waals surface area contributed by atoms with Gasteiger partial charge in [0.1, 0.15) is 5.75 Å². The second kappa shape index (κ2) is 5.58. The molecule has 9 heteroatoms. The zero-order chi connectivity index (χ0) is 16.6. The smallest absolute Gasteiger partial charge is 0.406 e. The molecule has 122 valence electrons. The van der Waals surface area contributed by atoms with E-state index in [-0.39, 0.29) is 24.5 Å². The molecule has 1 N–H and O–H groups in total. The summed E-state index contributed by atoms with van der Waals surface area (Å²) in [5.41, 5.74) is 0.325. The van der Waals surface area contributed by atoms with Crippen LogP contribution in [0.4, 0.5) is 13.2 Å². The molecule has 0 bridgehead atoms. The molecule has 0 saturated carbocycles. The third-order valence-electron chi connectivity index (χ3n) is 3.39. The summed E-state index contributed by atoms with van der Waals surface area (Å²) in [4.78, 5) is 25.5. The summed E-state index contributed by atoms with van der Waals surface area (Å²) >= 11 is 0. The first-order valence-electron chi connectivity index (χ1n) is 6.53. The number of hydrogen-bond donors (Lipinski definition) is 1. The van der Waals surface area contributed by atoms with Crippen LogP contribution in [-0.4, -0.2) is 18.0 Å². The van der Waals surface area contributed by atoms with Gasteiger partial charge in [-0.15, -0.1) is 13.2 Å². The minimum absolute atomic E-state index is 0.000213. The number of H-pyrrole nitrogens is 1. The third-order valence-corrected chi connectivity index (χ3v) is 3.39. The van der Waals surface area contributed by atoms with E-state index in [0.29, 0.717) is 11.3 Å². The van der Waals surface area contributed by atoms with Crippen molar-refractivity contribution in [3.05, 3.63) is 62.1 Å². The topological polar surface area (TPSA) is 81.5 Å². The van der Waals surface area contributed by atoms with Gasteiger partial charge in [0.15, 0.2) is 0 Å². The Morgan fingerprint density at radius 2 is 1.87 bits per heavy atom. The molecule has 23 heavy (non-hydrogen) atoms. The fraction of sp³-hybridized carbons (Fsp3) is 0.286. The Bertz CT molecular complexity index is 822. The molecule has 0 spiro atoms. The Morgan fingerprint density at radius 3 is 2.52 bits per heavy atom. The summed E-state index contributed by atoms with van der Waals surface area (Å²) in [6.45, 7) is 0.173. The zero-order valence-electron chi connectivity index (χ0n) is 11.5. The summed E-state index contributed by atoms with van der Waals surface area (Å²) in [5, 5.41) is 0. The van der Waals surface area contributed by atoms with Crippen LogP contribution in [0.25, 0.3) is 0 Å². The van der Waals surface area contributed by atoms with Gasteiger partial charge < -0.3 is 13.9 Å². The van der Waals surface area contributed by atoms with Crippen molar-refractivity contribution in [2.24, 2.45) is 0 Å². The van der Waals surface area contributed by atoms with Gasteiger partial charge in [0.2, 0.25) is 0 Å². The minimum Gasteiger partial charge on any atom is -0.406 e. The number of halogens is 3. The molecule has 1 aromatic heterocycles. The molecule has 1 unspecified atom stereocenters. The lowest BCUT2D eigenvalue weighted by Gasteiger charge is -2.24. The molecule has 1 aliphatic rings. The highest BCUT2D eigenvalue weighted by atomic mass is 19.4. The summed E-state index contributed by atoms with van der Waals surface area (Å²) in [7, 11) is 0. The van der Waals surface area contributed by atoms with Crippen LogP contribution in [0.1, 0.15) is 22.7 Å². The average Bonchev–Trinajstić information content (AvgIpc) is 2.46. The van der Waals surface area contributed by atoms with Crippen molar-refractivity contribution < 1.29 is 27.1 Å². The highest BCUT2D eigenvalue weighted by Gasteiger charge is 2.31. The Balaban J connectivity index is 1.95.